The van der Waals surface area contributed by atoms with E-state index in [0.29, 0.717) is 11.4 Å². The van der Waals surface area contributed by atoms with E-state index in [1.165, 1.54) is 11.3 Å². The van der Waals surface area contributed by atoms with Gasteiger partial charge in [-0.15, -0.1) is 11.3 Å². The molecule has 1 rings (SSSR count). The van der Waals surface area contributed by atoms with E-state index in [4.69, 9.17) is 0 Å². The Hall–Kier alpha value is -0.430. The number of nitrogens with zero attached hydrogens (tertiary/aromatic N) is 2. The molecule has 0 saturated carbocycles. The van der Waals surface area contributed by atoms with E-state index in [0.717, 1.165) is 17.8 Å². The first-order chi connectivity index (χ1) is 9.65. The Morgan fingerprint density at radius 1 is 1.48 bits per heavy atom. The fourth-order valence-electron chi connectivity index (χ4n) is 1.55. The maximum Gasteiger partial charge on any atom is 0.144 e. The van der Waals surface area contributed by atoms with Crippen LogP contribution in [0.15, 0.2) is 9.78 Å². The van der Waals surface area contributed by atoms with Gasteiger partial charge in [-0.05, 0) is 33.1 Å². The molecule has 0 aliphatic rings. The fraction of sp³-hybridized carbons (Fsp3) is 0.733. The molecule has 0 radical (unpaired) electrons. The van der Waals surface area contributed by atoms with E-state index in [2.05, 4.69) is 9.38 Å². The van der Waals surface area contributed by atoms with Crippen LogP contribution in [0.1, 0.15) is 64.8 Å². The highest BCUT2D eigenvalue weighted by atomic mass is 32.2. The van der Waals surface area contributed by atoms with Crippen molar-refractivity contribution in [3.05, 3.63) is 16.1 Å². The summed E-state index contributed by atoms with van der Waals surface area (Å²) in [6, 6.07) is 0. The Labute approximate surface area is 135 Å². The van der Waals surface area contributed by atoms with Gasteiger partial charge in [-0.1, -0.05) is 25.2 Å². The Bertz CT molecular complexity index is 478. The summed E-state index contributed by atoms with van der Waals surface area (Å²) in [5.74, 6) is 0.150. The molecule has 0 aromatic carbocycles. The van der Waals surface area contributed by atoms with Crippen LogP contribution in [0.25, 0.3) is 0 Å². The molecule has 6 heteroatoms. The first-order valence-corrected chi connectivity index (χ1v) is 9.25. The van der Waals surface area contributed by atoms with Crippen molar-refractivity contribution in [2.75, 3.05) is 0 Å². The highest BCUT2D eigenvalue weighted by Crippen LogP contribution is 2.25. The van der Waals surface area contributed by atoms with Crippen LogP contribution >= 0.6 is 11.3 Å². The number of aliphatic hydroxyl groups excluding tert-OH is 1. The smallest absolute Gasteiger partial charge is 0.144 e. The standard InChI is InChI=1S/C15H26N2O2S2/c1-7-11-9-20-14(16-11)13(18)8-12(10(2)3)17-21(19)15(4,5)6/h9-10,13,18H,7-8H2,1-6H3/t13-,21?/m1/s1. The van der Waals surface area contributed by atoms with E-state index in [-0.39, 0.29) is 10.7 Å². The maximum absolute atomic E-state index is 12.2. The second kappa shape index (κ2) is 7.72. The largest absolute Gasteiger partial charge is 0.591 e. The zero-order valence-corrected chi connectivity index (χ0v) is 15.3. The van der Waals surface area contributed by atoms with Gasteiger partial charge in [0.25, 0.3) is 0 Å². The Morgan fingerprint density at radius 3 is 2.52 bits per heavy atom. The molecule has 0 spiro atoms. The van der Waals surface area contributed by atoms with Crippen LogP contribution in [-0.4, -0.2) is 25.1 Å². The number of rotatable bonds is 6. The summed E-state index contributed by atoms with van der Waals surface area (Å²) in [7, 11) is 0. The zero-order chi connectivity index (χ0) is 16.2. The third-order valence-electron chi connectivity index (χ3n) is 3.01. The number of thiazole rings is 1. The average molecular weight is 331 g/mol. The summed E-state index contributed by atoms with van der Waals surface area (Å²) in [5.41, 5.74) is 1.78. The van der Waals surface area contributed by atoms with Gasteiger partial charge in [0, 0.05) is 11.8 Å². The maximum atomic E-state index is 12.2. The SMILES string of the molecule is CCc1csc([C@H](O)CC(=N[S+]([O-])C(C)(C)C)C(C)C)n1. The molecule has 0 saturated heterocycles. The molecular formula is C15H26N2O2S2. The molecule has 21 heavy (non-hydrogen) atoms. The summed E-state index contributed by atoms with van der Waals surface area (Å²) >= 11 is 0.171. The van der Waals surface area contributed by atoms with Gasteiger partial charge in [0.15, 0.2) is 0 Å². The van der Waals surface area contributed by atoms with Crippen molar-refractivity contribution in [3.8, 4) is 0 Å². The van der Waals surface area contributed by atoms with Gasteiger partial charge in [0.05, 0.1) is 11.4 Å². The molecular weight excluding hydrogens is 304 g/mol. The van der Waals surface area contributed by atoms with Crippen molar-refractivity contribution < 1.29 is 9.66 Å². The highest BCUT2D eigenvalue weighted by Gasteiger charge is 2.28. The van der Waals surface area contributed by atoms with E-state index in [1.807, 2.05) is 46.9 Å². The molecule has 0 bridgehead atoms. The lowest BCUT2D eigenvalue weighted by molar-refractivity contribution is 0.184. The van der Waals surface area contributed by atoms with E-state index < -0.39 is 17.5 Å². The molecule has 1 heterocycles. The van der Waals surface area contributed by atoms with Crippen LogP contribution in [0.4, 0.5) is 0 Å². The van der Waals surface area contributed by atoms with Crippen molar-refractivity contribution in [1.29, 1.82) is 0 Å². The van der Waals surface area contributed by atoms with Crippen LogP contribution < -0.4 is 0 Å². The summed E-state index contributed by atoms with van der Waals surface area (Å²) in [6.07, 6.45) is 0.576. The van der Waals surface area contributed by atoms with Crippen molar-refractivity contribution >= 4 is 28.4 Å². The number of hydrogen-bond acceptors (Lipinski definition) is 5. The first kappa shape index (κ1) is 18.6. The van der Waals surface area contributed by atoms with Crippen LogP contribution in [0.5, 0.6) is 0 Å². The lowest BCUT2D eigenvalue weighted by atomic mass is 10.0. The van der Waals surface area contributed by atoms with Crippen molar-refractivity contribution in [1.82, 2.24) is 4.98 Å². The molecule has 2 atom stereocenters. The quantitative estimate of drug-likeness (QED) is 0.639. The number of hydrogen-bond donors (Lipinski definition) is 1. The normalized spacial score (nSPS) is 16.3. The van der Waals surface area contributed by atoms with Crippen molar-refractivity contribution in [3.63, 3.8) is 0 Å². The van der Waals surface area contributed by atoms with Crippen molar-refractivity contribution in [2.24, 2.45) is 10.3 Å². The topological polar surface area (TPSA) is 68.5 Å². The third-order valence-corrected chi connectivity index (χ3v) is 5.45. The predicted octanol–water partition coefficient (Wildman–Crippen LogP) is 3.69. The molecule has 1 aromatic heterocycles. The molecule has 1 unspecified atom stereocenters. The minimum atomic E-state index is -1.30. The lowest BCUT2D eigenvalue weighted by Crippen LogP contribution is -2.28. The summed E-state index contributed by atoms with van der Waals surface area (Å²) < 4.78 is 16.1. The first-order valence-electron chi connectivity index (χ1n) is 7.27. The van der Waals surface area contributed by atoms with Gasteiger partial charge in [0.2, 0.25) is 0 Å². The number of aliphatic hydroxyl groups is 1. The minimum absolute atomic E-state index is 0.150. The van der Waals surface area contributed by atoms with Gasteiger partial charge < -0.3 is 9.66 Å². The molecule has 1 N–H and O–H groups in total. The molecule has 1 aromatic rings. The van der Waals surface area contributed by atoms with Crippen LogP contribution in [0.2, 0.25) is 0 Å². The lowest BCUT2D eigenvalue weighted by Gasteiger charge is -2.21. The summed E-state index contributed by atoms with van der Waals surface area (Å²) in [5, 5.41) is 13.0. The van der Waals surface area contributed by atoms with Crippen LogP contribution in [0.3, 0.4) is 0 Å². The Kier molecular flexibility index (Phi) is 6.84. The molecule has 0 fully saturated rings. The summed E-state index contributed by atoms with van der Waals surface area (Å²) in [4.78, 5) is 4.41. The van der Waals surface area contributed by atoms with Gasteiger partial charge in [-0.2, -0.15) is 0 Å². The predicted molar refractivity (Wildman–Crippen MR) is 91.2 cm³/mol. The average Bonchev–Trinajstić information content (AvgIpc) is 2.85. The number of aromatic nitrogens is 1. The van der Waals surface area contributed by atoms with Gasteiger partial charge in [-0.3, -0.25) is 0 Å². The van der Waals surface area contributed by atoms with E-state index in [1.54, 1.807) is 0 Å². The molecule has 0 amide bonds. The third kappa shape index (κ3) is 5.70. The minimum Gasteiger partial charge on any atom is -0.591 e. The van der Waals surface area contributed by atoms with Crippen molar-refractivity contribution in [2.45, 2.75) is 65.2 Å². The van der Waals surface area contributed by atoms with Gasteiger partial charge in [-0.25, -0.2) is 4.98 Å². The Morgan fingerprint density at radius 2 is 2.10 bits per heavy atom. The fourth-order valence-corrected chi connectivity index (χ4v) is 3.20. The van der Waals surface area contributed by atoms with Gasteiger partial charge in [0.1, 0.15) is 27.2 Å². The van der Waals surface area contributed by atoms with E-state index >= 15 is 0 Å². The van der Waals surface area contributed by atoms with Crippen LogP contribution in [-0.2, 0) is 17.8 Å². The van der Waals surface area contributed by atoms with Gasteiger partial charge >= 0.3 is 0 Å². The summed E-state index contributed by atoms with van der Waals surface area (Å²) in [6.45, 7) is 11.7. The highest BCUT2D eigenvalue weighted by molar-refractivity contribution is 7.91. The number of aryl methyl sites for hydroxylation is 1. The second-order valence-electron chi connectivity index (χ2n) is 6.35. The second-order valence-corrected chi connectivity index (χ2v) is 9.14. The zero-order valence-electron chi connectivity index (χ0n) is 13.7. The molecule has 4 nitrogen and oxygen atoms in total. The van der Waals surface area contributed by atoms with E-state index in [9.17, 15) is 9.66 Å². The molecule has 0 aliphatic heterocycles. The monoisotopic (exact) mass is 330 g/mol. The Balaban J connectivity index is 2.85. The molecule has 0 aliphatic carbocycles. The van der Waals surface area contributed by atoms with Crippen LogP contribution in [0, 0.1) is 5.92 Å². The molecule has 120 valence electrons.